The summed E-state index contributed by atoms with van der Waals surface area (Å²) in [5.41, 5.74) is 0. The van der Waals surface area contributed by atoms with Crippen LogP contribution in [-0.2, 0) is 14.2 Å². The molecule has 0 unspecified atom stereocenters. The summed E-state index contributed by atoms with van der Waals surface area (Å²) in [6, 6.07) is 0.564. The second-order valence-corrected chi connectivity index (χ2v) is 7.47. The molecule has 5 heteroatoms. The quantitative estimate of drug-likeness (QED) is 0.675. The molecule has 140 valence electrons. The van der Waals surface area contributed by atoms with Crippen LogP contribution in [0.2, 0.25) is 0 Å². The molecule has 0 amide bonds. The van der Waals surface area contributed by atoms with Crippen LogP contribution in [-0.4, -0.2) is 87.2 Å². The summed E-state index contributed by atoms with van der Waals surface area (Å²) in [5, 5.41) is 0. The molecular weight excluding hydrogens is 304 g/mol. The number of nitrogens with zero attached hydrogens (tertiary/aromatic N) is 2. The van der Waals surface area contributed by atoms with E-state index >= 15 is 0 Å². The molecule has 0 aromatic heterocycles. The molecule has 2 heterocycles. The van der Waals surface area contributed by atoms with Crippen molar-refractivity contribution in [3.05, 3.63) is 0 Å². The van der Waals surface area contributed by atoms with Gasteiger partial charge in [-0.15, -0.1) is 0 Å². The van der Waals surface area contributed by atoms with Crippen LogP contribution in [0.1, 0.15) is 39.5 Å². The van der Waals surface area contributed by atoms with Gasteiger partial charge in [0, 0.05) is 38.9 Å². The van der Waals surface area contributed by atoms with Gasteiger partial charge in [-0.25, -0.2) is 0 Å². The first-order valence-corrected chi connectivity index (χ1v) is 10.1. The summed E-state index contributed by atoms with van der Waals surface area (Å²) < 4.78 is 17.9. The number of fused-ring (bicyclic) bond motifs is 1. The van der Waals surface area contributed by atoms with Crippen LogP contribution in [0.25, 0.3) is 0 Å². The van der Waals surface area contributed by atoms with Crippen molar-refractivity contribution in [1.82, 2.24) is 9.80 Å². The molecular formula is C19H36N2O3. The van der Waals surface area contributed by atoms with Gasteiger partial charge in [0.2, 0.25) is 0 Å². The van der Waals surface area contributed by atoms with Crippen LogP contribution < -0.4 is 0 Å². The summed E-state index contributed by atoms with van der Waals surface area (Å²) in [6.45, 7) is 13.8. The fraction of sp³-hybridized carbons (Fsp3) is 1.00. The van der Waals surface area contributed by atoms with E-state index in [0.717, 1.165) is 65.3 Å². The van der Waals surface area contributed by atoms with Crippen molar-refractivity contribution in [2.45, 2.75) is 57.8 Å². The van der Waals surface area contributed by atoms with Crippen molar-refractivity contribution in [3.8, 4) is 0 Å². The lowest BCUT2D eigenvalue weighted by molar-refractivity contribution is -0.121. The highest BCUT2D eigenvalue weighted by molar-refractivity contribution is 4.96. The Morgan fingerprint density at radius 3 is 2.58 bits per heavy atom. The minimum atomic E-state index is 0.287. The first-order chi connectivity index (χ1) is 11.8. The van der Waals surface area contributed by atoms with E-state index in [4.69, 9.17) is 14.2 Å². The van der Waals surface area contributed by atoms with Gasteiger partial charge < -0.3 is 19.1 Å². The monoisotopic (exact) mass is 340 g/mol. The van der Waals surface area contributed by atoms with E-state index in [1.54, 1.807) is 0 Å². The van der Waals surface area contributed by atoms with E-state index in [-0.39, 0.29) is 6.10 Å². The Labute approximate surface area is 147 Å². The summed E-state index contributed by atoms with van der Waals surface area (Å²) >= 11 is 0. The zero-order chi connectivity index (χ0) is 16.8. The van der Waals surface area contributed by atoms with Crippen molar-refractivity contribution in [2.75, 3.05) is 59.2 Å². The molecule has 0 aromatic rings. The van der Waals surface area contributed by atoms with Crippen molar-refractivity contribution < 1.29 is 14.2 Å². The second kappa shape index (κ2) is 9.48. The first kappa shape index (κ1) is 18.6. The largest absolute Gasteiger partial charge is 0.381 e. The Bertz CT molecular complexity index is 359. The van der Waals surface area contributed by atoms with Crippen LogP contribution in [0, 0.1) is 5.92 Å². The normalized spacial score (nSPS) is 32.4. The zero-order valence-corrected chi connectivity index (χ0v) is 15.6. The number of morpholine rings is 1. The van der Waals surface area contributed by atoms with Gasteiger partial charge in [0.1, 0.15) is 0 Å². The number of rotatable bonds is 8. The first-order valence-electron chi connectivity index (χ1n) is 10.1. The van der Waals surface area contributed by atoms with Crippen LogP contribution >= 0.6 is 0 Å². The fourth-order valence-electron chi connectivity index (χ4n) is 4.43. The zero-order valence-electron chi connectivity index (χ0n) is 15.6. The van der Waals surface area contributed by atoms with Gasteiger partial charge in [-0.05, 0) is 44.7 Å². The lowest BCUT2D eigenvalue weighted by Crippen LogP contribution is -2.53. The lowest BCUT2D eigenvalue weighted by Gasteiger charge is -2.40. The fourth-order valence-corrected chi connectivity index (χ4v) is 4.43. The Kier molecular flexibility index (Phi) is 7.35. The van der Waals surface area contributed by atoms with E-state index in [0.29, 0.717) is 18.1 Å². The minimum absolute atomic E-state index is 0.287. The molecule has 3 atom stereocenters. The Morgan fingerprint density at radius 2 is 1.83 bits per heavy atom. The van der Waals surface area contributed by atoms with Crippen LogP contribution in [0.3, 0.4) is 0 Å². The molecule has 1 aliphatic carbocycles. The Hall–Kier alpha value is -0.200. The number of hydrogen-bond acceptors (Lipinski definition) is 5. The molecule has 0 radical (unpaired) electrons. The van der Waals surface area contributed by atoms with E-state index < -0.39 is 0 Å². The molecule has 0 aromatic carbocycles. The maximum absolute atomic E-state index is 6.31. The second-order valence-electron chi connectivity index (χ2n) is 7.47. The highest BCUT2D eigenvalue weighted by atomic mass is 16.5. The molecule has 3 fully saturated rings. The van der Waals surface area contributed by atoms with Gasteiger partial charge >= 0.3 is 0 Å². The van der Waals surface area contributed by atoms with Gasteiger partial charge in [-0.2, -0.15) is 0 Å². The predicted octanol–water partition coefficient (Wildman–Crippen LogP) is 2.00. The van der Waals surface area contributed by atoms with Crippen LogP contribution in [0.5, 0.6) is 0 Å². The molecule has 3 aliphatic rings. The molecule has 5 nitrogen and oxygen atoms in total. The third kappa shape index (κ3) is 4.70. The summed E-state index contributed by atoms with van der Waals surface area (Å²) in [4.78, 5) is 5.17. The summed E-state index contributed by atoms with van der Waals surface area (Å²) in [5.74, 6) is 0.681. The Morgan fingerprint density at radius 1 is 1.04 bits per heavy atom. The van der Waals surface area contributed by atoms with Gasteiger partial charge in [0.25, 0.3) is 0 Å². The molecule has 3 rings (SSSR count). The van der Waals surface area contributed by atoms with E-state index in [1.807, 2.05) is 0 Å². The van der Waals surface area contributed by atoms with Crippen LogP contribution in [0.4, 0.5) is 0 Å². The third-order valence-corrected chi connectivity index (χ3v) is 6.14. The van der Waals surface area contributed by atoms with Crippen molar-refractivity contribution >= 4 is 0 Å². The predicted molar refractivity (Wildman–Crippen MR) is 95.4 cm³/mol. The standard InChI is InChI=1S/C19H36N2O3/c1-3-20(4-2)9-10-21-11-14-23-19-17(21)5-6-18(19)24-15-16-7-12-22-13-8-16/h16-19H,3-15H2,1-2H3/t17-,18+,19+/m0/s1. The van der Waals surface area contributed by atoms with Crippen LogP contribution in [0.15, 0.2) is 0 Å². The van der Waals surface area contributed by atoms with Gasteiger partial charge in [0.15, 0.2) is 0 Å². The van der Waals surface area contributed by atoms with Gasteiger partial charge in [0.05, 0.1) is 25.4 Å². The van der Waals surface area contributed by atoms with Crippen molar-refractivity contribution in [1.29, 1.82) is 0 Å². The SMILES string of the molecule is CCN(CC)CCN1CCO[C@H]2[C@H](OCC3CCOCC3)CC[C@@H]21. The maximum Gasteiger partial charge on any atom is 0.0991 e. The van der Waals surface area contributed by atoms with Crippen molar-refractivity contribution in [3.63, 3.8) is 0 Å². The summed E-state index contributed by atoms with van der Waals surface area (Å²) in [6.07, 6.45) is 5.26. The molecule has 2 saturated heterocycles. The van der Waals surface area contributed by atoms with Gasteiger partial charge in [-0.1, -0.05) is 13.8 Å². The van der Waals surface area contributed by atoms with E-state index in [1.165, 1.54) is 19.5 Å². The highest BCUT2D eigenvalue weighted by Gasteiger charge is 2.43. The topological polar surface area (TPSA) is 34.2 Å². The average molecular weight is 341 g/mol. The molecule has 0 bridgehead atoms. The highest BCUT2D eigenvalue weighted by Crippen LogP contribution is 2.32. The molecule has 24 heavy (non-hydrogen) atoms. The number of ether oxygens (including phenoxy) is 3. The molecule has 1 saturated carbocycles. The Balaban J connectivity index is 1.45. The van der Waals surface area contributed by atoms with E-state index in [9.17, 15) is 0 Å². The summed E-state index contributed by atoms with van der Waals surface area (Å²) in [7, 11) is 0. The third-order valence-electron chi connectivity index (χ3n) is 6.14. The number of likely N-dealkylation sites (N-methyl/N-ethyl adjacent to an activating group) is 1. The number of hydrogen-bond donors (Lipinski definition) is 0. The molecule has 0 spiro atoms. The smallest absolute Gasteiger partial charge is 0.0991 e. The van der Waals surface area contributed by atoms with Crippen molar-refractivity contribution in [2.24, 2.45) is 5.92 Å². The van der Waals surface area contributed by atoms with E-state index in [2.05, 4.69) is 23.6 Å². The van der Waals surface area contributed by atoms with Gasteiger partial charge in [-0.3, -0.25) is 4.90 Å². The molecule has 0 N–H and O–H groups in total. The average Bonchev–Trinajstić information content (AvgIpc) is 3.05. The minimum Gasteiger partial charge on any atom is -0.381 e. The maximum atomic E-state index is 6.31. The molecule has 2 aliphatic heterocycles. The lowest BCUT2D eigenvalue weighted by atomic mass is 10.0.